The van der Waals surface area contributed by atoms with Crippen LogP contribution in [0.3, 0.4) is 0 Å². The Kier molecular flexibility index (Phi) is 3.41. The zero-order valence-corrected chi connectivity index (χ0v) is 10.1. The number of nitrogens with zero attached hydrogens (tertiary/aromatic N) is 2. The van der Waals surface area contributed by atoms with Crippen LogP contribution in [0.4, 0.5) is 0 Å². The first-order chi connectivity index (χ1) is 8.12. The van der Waals surface area contributed by atoms with Gasteiger partial charge in [0.2, 0.25) is 0 Å². The third-order valence-electron chi connectivity index (χ3n) is 3.66. The van der Waals surface area contributed by atoms with Gasteiger partial charge in [-0.1, -0.05) is 19.8 Å². The fourth-order valence-electron chi connectivity index (χ4n) is 2.81. The summed E-state index contributed by atoms with van der Waals surface area (Å²) in [5, 5.41) is 9.51. The molecule has 1 N–H and O–H groups in total. The number of hydrogen-bond acceptors (Lipinski definition) is 3. The predicted octanol–water partition coefficient (Wildman–Crippen LogP) is 2.30. The van der Waals surface area contributed by atoms with Crippen LogP contribution in [0.2, 0.25) is 0 Å². The van der Waals surface area contributed by atoms with Gasteiger partial charge >= 0.3 is 5.97 Å². The average molecular weight is 234 g/mol. The molecule has 1 aliphatic rings. The second-order valence-corrected chi connectivity index (χ2v) is 5.13. The normalized spacial score (nSPS) is 28.9. The molecule has 4 nitrogen and oxygen atoms in total. The maximum atomic E-state index is 11.6. The van der Waals surface area contributed by atoms with Gasteiger partial charge in [-0.05, 0) is 24.8 Å². The van der Waals surface area contributed by atoms with E-state index in [4.69, 9.17) is 0 Å². The number of rotatable bonds is 3. The Hall–Kier alpha value is -1.45. The Bertz CT molecular complexity index is 394. The van der Waals surface area contributed by atoms with Gasteiger partial charge in [-0.15, -0.1) is 0 Å². The van der Waals surface area contributed by atoms with E-state index in [1.165, 1.54) is 0 Å². The van der Waals surface area contributed by atoms with Crippen molar-refractivity contribution in [3.63, 3.8) is 0 Å². The van der Waals surface area contributed by atoms with Crippen molar-refractivity contribution in [3.8, 4) is 0 Å². The quantitative estimate of drug-likeness (QED) is 0.871. The minimum atomic E-state index is -0.698. The Morgan fingerprint density at radius 1 is 1.53 bits per heavy atom. The van der Waals surface area contributed by atoms with Crippen LogP contribution in [-0.2, 0) is 11.2 Å². The summed E-state index contributed by atoms with van der Waals surface area (Å²) in [5.41, 5.74) is -0.654. The van der Waals surface area contributed by atoms with Gasteiger partial charge < -0.3 is 5.11 Å². The lowest BCUT2D eigenvalue weighted by molar-refractivity contribution is -0.152. The third-order valence-corrected chi connectivity index (χ3v) is 3.66. The van der Waals surface area contributed by atoms with E-state index in [-0.39, 0.29) is 0 Å². The fourth-order valence-corrected chi connectivity index (χ4v) is 2.81. The summed E-state index contributed by atoms with van der Waals surface area (Å²) in [6.07, 6.45) is 7.39. The number of carboxylic acids is 1. The molecule has 4 heteroatoms. The van der Waals surface area contributed by atoms with Gasteiger partial charge in [-0.25, -0.2) is 9.97 Å². The summed E-state index contributed by atoms with van der Waals surface area (Å²) in [4.78, 5) is 19.9. The molecule has 0 radical (unpaired) electrons. The molecule has 2 atom stereocenters. The van der Waals surface area contributed by atoms with Crippen molar-refractivity contribution >= 4 is 5.97 Å². The van der Waals surface area contributed by atoms with E-state index in [1.807, 2.05) is 0 Å². The highest BCUT2D eigenvalue weighted by molar-refractivity contribution is 5.75. The minimum absolute atomic E-state index is 0.452. The van der Waals surface area contributed by atoms with Crippen LogP contribution in [0.5, 0.6) is 0 Å². The first kappa shape index (κ1) is 12.0. The molecular weight excluding hydrogens is 216 g/mol. The van der Waals surface area contributed by atoms with Gasteiger partial charge in [-0.2, -0.15) is 0 Å². The highest BCUT2D eigenvalue weighted by atomic mass is 16.4. The maximum Gasteiger partial charge on any atom is 0.310 e. The van der Waals surface area contributed by atoms with Crippen LogP contribution in [0.1, 0.15) is 38.4 Å². The highest BCUT2D eigenvalue weighted by Crippen LogP contribution is 2.41. The molecule has 1 fully saturated rings. The second kappa shape index (κ2) is 4.82. The monoisotopic (exact) mass is 234 g/mol. The SMILES string of the molecule is CC1CCCC(Cc2ncccn2)(C(=O)O)C1. The molecule has 92 valence electrons. The number of carbonyl (C=O) groups is 1. The Labute approximate surface area is 101 Å². The topological polar surface area (TPSA) is 63.1 Å². The van der Waals surface area contributed by atoms with Gasteiger partial charge in [0.05, 0.1) is 5.41 Å². The van der Waals surface area contributed by atoms with Crippen molar-refractivity contribution in [2.75, 3.05) is 0 Å². The second-order valence-electron chi connectivity index (χ2n) is 5.13. The van der Waals surface area contributed by atoms with Crippen LogP contribution in [0.15, 0.2) is 18.5 Å². The smallest absolute Gasteiger partial charge is 0.310 e. The van der Waals surface area contributed by atoms with E-state index in [0.717, 1.165) is 25.7 Å². The molecule has 1 aliphatic carbocycles. The van der Waals surface area contributed by atoms with Crippen LogP contribution < -0.4 is 0 Å². The maximum absolute atomic E-state index is 11.6. The standard InChI is InChI=1S/C13H18N2O2/c1-10-4-2-5-13(8-10,12(16)17)9-11-14-6-3-7-15-11/h3,6-7,10H,2,4-5,8-9H2,1H3,(H,16,17). The van der Waals surface area contributed by atoms with Gasteiger partial charge in [0.15, 0.2) is 0 Å². The van der Waals surface area contributed by atoms with E-state index in [0.29, 0.717) is 18.2 Å². The van der Waals surface area contributed by atoms with Crippen molar-refractivity contribution < 1.29 is 9.90 Å². The van der Waals surface area contributed by atoms with E-state index < -0.39 is 11.4 Å². The molecular formula is C13H18N2O2. The molecule has 0 saturated heterocycles. The molecule has 1 aromatic heterocycles. The van der Waals surface area contributed by atoms with Crippen molar-refractivity contribution in [2.45, 2.75) is 39.0 Å². The summed E-state index contributed by atoms with van der Waals surface area (Å²) in [6, 6.07) is 1.75. The molecule has 1 heterocycles. The lowest BCUT2D eigenvalue weighted by Gasteiger charge is -2.35. The van der Waals surface area contributed by atoms with E-state index >= 15 is 0 Å². The number of hydrogen-bond donors (Lipinski definition) is 1. The molecule has 17 heavy (non-hydrogen) atoms. The Morgan fingerprint density at radius 3 is 2.82 bits per heavy atom. The lowest BCUT2D eigenvalue weighted by atomic mass is 9.68. The number of carboxylic acid groups (broad SMARTS) is 1. The van der Waals surface area contributed by atoms with Crippen LogP contribution in [-0.4, -0.2) is 21.0 Å². The van der Waals surface area contributed by atoms with E-state index in [1.54, 1.807) is 18.5 Å². The molecule has 0 aromatic carbocycles. The lowest BCUT2D eigenvalue weighted by Crippen LogP contribution is -2.38. The van der Waals surface area contributed by atoms with Crippen LogP contribution in [0, 0.1) is 11.3 Å². The molecule has 1 saturated carbocycles. The number of aliphatic carboxylic acids is 1. The summed E-state index contributed by atoms with van der Waals surface area (Å²) in [5.74, 6) is 0.420. The minimum Gasteiger partial charge on any atom is -0.481 e. The van der Waals surface area contributed by atoms with Crippen LogP contribution >= 0.6 is 0 Å². The van der Waals surface area contributed by atoms with Gasteiger partial charge in [-0.3, -0.25) is 4.79 Å². The summed E-state index contributed by atoms with van der Waals surface area (Å²) in [6.45, 7) is 2.13. The number of aromatic nitrogens is 2. The van der Waals surface area contributed by atoms with Crippen molar-refractivity contribution in [3.05, 3.63) is 24.3 Å². The van der Waals surface area contributed by atoms with E-state index in [2.05, 4.69) is 16.9 Å². The van der Waals surface area contributed by atoms with E-state index in [9.17, 15) is 9.90 Å². The van der Waals surface area contributed by atoms with Crippen molar-refractivity contribution in [1.29, 1.82) is 0 Å². The Morgan fingerprint density at radius 2 is 2.24 bits per heavy atom. The molecule has 0 amide bonds. The van der Waals surface area contributed by atoms with Crippen LogP contribution in [0.25, 0.3) is 0 Å². The molecule has 2 rings (SSSR count). The fraction of sp³-hybridized carbons (Fsp3) is 0.615. The van der Waals surface area contributed by atoms with Gasteiger partial charge in [0, 0.05) is 18.8 Å². The van der Waals surface area contributed by atoms with Crippen molar-refractivity contribution in [1.82, 2.24) is 9.97 Å². The van der Waals surface area contributed by atoms with Crippen molar-refractivity contribution in [2.24, 2.45) is 11.3 Å². The first-order valence-corrected chi connectivity index (χ1v) is 6.12. The predicted molar refractivity (Wildman–Crippen MR) is 63.4 cm³/mol. The van der Waals surface area contributed by atoms with Gasteiger partial charge in [0.25, 0.3) is 0 Å². The Balaban J connectivity index is 2.20. The molecule has 1 aromatic rings. The highest BCUT2D eigenvalue weighted by Gasteiger charge is 2.42. The molecule has 2 unspecified atom stereocenters. The largest absolute Gasteiger partial charge is 0.481 e. The summed E-state index contributed by atoms with van der Waals surface area (Å²) < 4.78 is 0. The third kappa shape index (κ3) is 2.62. The average Bonchev–Trinajstić information content (AvgIpc) is 2.30. The first-order valence-electron chi connectivity index (χ1n) is 6.12. The van der Waals surface area contributed by atoms with Gasteiger partial charge in [0.1, 0.15) is 5.82 Å². The summed E-state index contributed by atoms with van der Waals surface area (Å²) >= 11 is 0. The molecule has 0 aliphatic heterocycles. The molecule has 0 bridgehead atoms. The summed E-state index contributed by atoms with van der Waals surface area (Å²) in [7, 11) is 0. The zero-order valence-electron chi connectivity index (χ0n) is 10.1. The zero-order chi connectivity index (χ0) is 12.3. The molecule has 0 spiro atoms.